The molecule has 0 bridgehead atoms. The van der Waals surface area contributed by atoms with E-state index in [9.17, 15) is 0 Å². The first-order chi connectivity index (χ1) is 38.1. The van der Waals surface area contributed by atoms with Crippen LogP contribution in [0, 0.1) is 0 Å². The van der Waals surface area contributed by atoms with Gasteiger partial charge in [-0.05, 0) is 122 Å². The van der Waals surface area contributed by atoms with E-state index in [1.54, 1.807) is 0 Å². The van der Waals surface area contributed by atoms with Crippen LogP contribution in [0.5, 0.6) is 46.0 Å². The van der Waals surface area contributed by atoms with Crippen LogP contribution < -0.4 is 18.9 Å². The molecule has 0 N–H and O–H groups in total. The molecule has 0 unspecified atom stereocenters. The summed E-state index contributed by atoms with van der Waals surface area (Å²) >= 11 is 0. The summed E-state index contributed by atoms with van der Waals surface area (Å²) in [6.07, 6.45) is 6.22. The van der Waals surface area contributed by atoms with Crippen molar-refractivity contribution in [2.75, 3.05) is 0 Å². The van der Waals surface area contributed by atoms with Crippen LogP contribution in [0.3, 0.4) is 0 Å². The molecule has 4 heterocycles. The van der Waals surface area contributed by atoms with Crippen LogP contribution in [-0.2, 0) is 6.42 Å². The Morgan fingerprint density at radius 1 is 0.338 bits per heavy atom. The number of ether oxygens (including phenoxy) is 4. The summed E-state index contributed by atoms with van der Waals surface area (Å²) in [5, 5.41) is 1.04. The minimum atomic E-state index is 0.388. The molecule has 13 aromatic rings. The van der Waals surface area contributed by atoms with Crippen LogP contribution in [0.1, 0.15) is 17.7 Å². The molecule has 0 spiro atoms. The van der Waals surface area contributed by atoms with Gasteiger partial charge in [0.2, 0.25) is 5.95 Å². The van der Waals surface area contributed by atoms with E-state index in [0.717, 1.165) is 62.9 Å². The van der Waals surface area contributed by atoms with Crippen molar-refractivity contribution in [1.82, 2.24) is 28.7 Å². The lowest BCUT2D eigenvalue weighted by atomic mass is 10.0. The van der Waals surface area contributed by atoms with E-state index in [4.69, 9.17) is 33.9 Å². The SMILES string of the molecule is C1=Cc2c(c3c(c4c(c5ccccc5n4-c4ccccc4)n3-c3nc(-c4cc(Oc5ccccc5)cc(Oc5ccccc5)c4)nc(-c4cc(Oc5ccccc5)cc(Oc5ccccc5)c4)n3)n2-c2ccccc2)CC1. The zero-order chi connectivity index (χ0) is 51.1. The molecule has 0 fully saturated rings. The van der Waals surface area contributed by atoms with Gasteiger partial charge in [0, 0.05) is 45.6 Å². The van der Waals surface area contributed by atoms with Gasteiger partial charge >= 0.3 is 0 Å². The van der Waals surface area contributed by atoms with E-state index in [2.05, 4.69) is 111 Å². The van der Waals surface area contributed by atoms with Crippen LogP contribution in [0.15, 0.2) is 249 Å². The number of hydrogen-bond donors (Lipinski definition) is 0. The van der Waals surface area contributed by atoms with Crippen LogP contribution in [0.2, 0.25) is 0 Å². The summed E-state index contributed by atoms with van der Waals surface area (Å²) < 4.78 is 33.5. The number of hydrogen-bond acceptors (Lipinski definition) is 7. The van der Waals surface area contributed by atoms with Gasteiger partial charge in [-0.2, -0.15) is 9.97 Å². The molecule has 10 nitrogen and oxygen atoms in total. The Morgan fingerprint density at radius 3 is 1.21 bits per heavy atom. The van der Waals surface area contributed by atoms with E-state index in [1.165, 1.54) is 5.56 Å². The fourth-order valence-corrected chi connectivity index (χ4v) is 10.5. The van der Waals surface area contributed by atoms with Gasteiger partial charge in [0.25, 0.3) is 0 Å². The Labute approximate surface area is 443 Å². The van der Waals surface area contributed by atoms with Crippen molar-refractivity contribution in [3.8, 4) is 86.1 Å². The Hall–Kier alpha value is -10.5. The molecule has 10 heteroatoms. The van der Waals surface area contributed by atoms with E-state index in [-0.39, 0.29) is 0 Å². The smallest absolute Gasteiger partial charge is 0.238 e. The van der Waals surface area contributed by atoms with Crippen LogP contribution in [-0.4, -0.2) is 28.7 Å². The van der Waals surface area contributed by atoms with Crippen molar-refractivity contribution in [2.24, 2.45) is 0 Å². The van der Waals surface area contributed by atoms with Gasteiger partial charge in [0.05, 0.1) is 33.3 Å². The molecule has 4 aromatic heterocycles. The average Bonchev–Trinajstić information content (AvgIpc) is 4.32. The first-order valence-corrected chi connectivity index (χ1v) is 25.6. The highest BCUT2D eigenvalue weighted by atomic mass is 16.5. The summed E-state index contributed by atoms with van der Waals surface area (Å²) in [5.41, 5.74) is 10.8. The summed E-state index contributed by atoms with van der Waals surface area (Å²) in [4.78, 5) is 16.6. The molecule has 0 radical (unpaired) electrons. The van der Waals surface area contributed by atoms with Crippen molar-refractivity contribution in [3.63, 3.8) is 0 Å². The highest BCUT2D eigenvalue weighted by molar-refractivity contribution is 6.20. The lowest BCUT2D eigenvalue weighted by Crippen LogP contribution is -2.08. The van der Waals surface area contributed by atoms with Gasteiger partial charge in [0.15, 0.2) is 11.6 Å². The van der Waals surface area contributed by atoms with E-state index in [1.807, 2.05) is 158 Å². The second kappa shape index (κ2) is 19.4. The number of nitrogens with zero attached hydrogens (tertiary/aromatic N) is 6. The molecule has 0 amide bonds. The minimum absolute atomic E-state index is 0.388. The van der Waals surface area contributed by atoms with E-state index < -0.39 is 0 Å². The number of allylic oxidation sites excluding steroid dienone is 1. The van der Waals surface area contributed by atoms with Crippen LogP contribution in [0.4, 0.5) is 0 Å². The lowest BCUT2D eigenvalue weighted by molar-refractivity contribution is 0.460. The molecule has 77 heavy (non-hydrogen) atoms. The number of aryl methyl sites for hydroxylation is 1. The fourth-order valence-electron chi connectivity index (χ4n) is 10.5. The molecule has 0 saturated carbocycles. The maximum atomic E-state index is 6.59. The maximum Gasteiger partial charge on any atom is 0.238 e. The first-order valence-electron chi connectivity index (χ1n) is 25.6. The maximum absolute atomic E-state index is 6.59. The average molecular weight is 999 g/mol. The highest BCUT2D eigenvalue weighted by Crippen LogP contribution is 2.46. The second-order valence-corrected chi connectivity index (χ2v) is 18.7. The molecular weight excluding hydrogens is 953 g/mol. The number of benzene rings is 9. The molecule has 0 aliphatic heterocycles. The standard InChI is InChI=1S/C67H46N6O4/c1-7-23-47(24-8-1)71-59-37-21-19-35-57(59)61-63(71)64-62(58-36-20-22-38-60(58)72(64)48-25-9-2-10-26-48)73(61)67-69-65(45-39-53(74-49-27-11-3-12-28-49)43-54(40-45)75-50-29-13-4-14-30-50)68-66(70-67)46-41-55(76-51-31-15-5-16-32-51)44-56(42-46)77-52-33-17-6-18-34-52/h1-19,21-35,37-44H,20,36H2. The fraction of sp³-hybridized carbons (Fsp3) is 0.0299. The van der Waals surface area contributed by atoms with E-state index >= 15 is 0 Å². The van der Waals surface area contributed by atoms with Gasteiger partial charge in [-0.25, -0.2) is 4.98 Å². The van der Waals surface area contributed by atoms with Crippen molar-refractivity contribution in [2.45, 2.75) is 12.8 Å². The van der Waals surface area contributed by atoms with Gasteiger partial charge in [0.1, 0.15) is 46.0 Å². The summed E-state index contributed by atoms with van der Waals surface area (Å²) in [6, 6.07) is 80.2. The summed E-state index contributed by atoms with van der Waals surface area (Å²) in [6.45, 7) is 0. The Balaban J connectivity index is 1.09. The molecule has 0 saturated heterocycles. The van der Waals surface area contributed by atoms with Crippen molar-refractivity contribution in [3.05, 3.63) is 260 Å². The normalized spacial score (nSPS) is 12.0. The Kier molecular flexibility index (Phi) is 11.4. The molecule has 1 aliphatic carbocycles. The highest BCUT2D eigenvalue weighted by Gasteiger charge is 2.32. The molecule has 0 atom stereocenters. The topological polar surface area (TPSA) is 90.4 Å². The zero-order valence-corrected chi connectivity index (χ0v) is 41.5. The predicted molar refractivity (Wildman–Crippen MR) is 305 cm³/mol. The molecule has 1 aliphatic rings. The Morgan fingerprint density at radius 2 is 0.740 bits per heavy atom. The summed E-state index contributed by atoms with van der Waals surface area (Å²) in [7, 11) is 0. The third-order valence-corrected chi connectivity index (χ3v) is 13.7. The number of para-hydroxylation sites is 7. The van der Waals surface area contributed by atoms with Crippen molar-refractivity contribution >= 4 is 39.0 Å². The predicted octanol–water partition coefficient (Wildman–Crippen LogP) is 17.2. The quantitative estimate of drug-likeness (QED) is 0.114. The molecule has 368 valence electrons. The van der Waals surface area contributed by atoms with Gasteiger partial charge in [-0.15, -0.1) is 0 Å². The second-order valence-electron chi connectivity index (χ2n) is 18.7. The minimum Gasteiger partial charge on any atom is -0.457 e. The zero-order valence-electron chi connectivity index (χ0n) is 41.5. The van der Waals surface area contributed by atoms with Crippen molar-refractivity contribution < 1.29 is 18.9 Å². The third-order valence-electron chi connectivity index (χ3n) is 13.7. The monoisotopic (exact) mass is 998 g/mol. The van der Waals surface area contributed by atoms with Crippen LogP contribution in [0.25, 0.3) is 79.1 Å². The molecular formula is C67H46N6O4. The van der Waals surface area contributed by atoms with Gasteiger partial charge in [-0.3, -0.25) is 4.57 Å². The largest absolute Gasteiger partial charge is 0.457 e. The molecule has 9 aromatic carbocycles. The number of rotatable bonds is 13. The Bertz CT molecular complexity index is 4040. The van der Waals surface area contributed by atoms with Gasteiger partial charge < -0.3 is 28.1 Å². The van der Waals surface area contributed by atoms with Gasteiger partial charge in [-0.1, -0.05) is 133 Å². The van der Waals surface area contributed by atoms with Crippen molar-refractivity contribution in [1.29, 1.82) is 0 Å². The van der Waals surface area contributed by atoms with E-state index in [0.29, 0.717) is 74.7 Å². The van der Waals surface area contributed by atoms with Crippen LogP contribution >= 0.6 is 0 Å². The third kappa shape index (κ3) is 8.59. The number of aromatic nitrogens is 6. The summed E-state index contributed by atoms with van der Waals surface area (Å²) in [5.74, 6) is 6.03. The first kappa shape index (κ1) is 45.2. The number of fused-ring (bicyclic) bond motifs is 7. The molecule has 14 rings (SSSR count). The lowest BCUT2D eigenvalue weighted by Gasteiger charge is -2.15.